The summed E-state index contributed by atoms with van der Waals surface area (Å²) in [5.74, 6) is -1.15. The van der Waals surface area contributed by atoms with Gasteiger partial charge in [0, 0.05) is 0 Å². The quantitative estimate of drug-likeness (QED) is 0.527. The smallest absolute Gasteiger partial charge is 0.306 e. The van der Waals surface area contributed by atoms with Crippen LogP contribution in [0.15, 0.2) is 12.2 Å². The molecule has 0 radical (unpaired) electrons. The topological polar surface area (TPSA) is 99.1 Å². The zero-order valence-electron chi connectivity index (χ0n) is 11.1. The normalized spacial score (nSPS) is 26.4. The van der Waals surface area contributed by atoms with Crippen molar-refractivity contribution < 1.29 is 24.5 Å². The van der Waals surface area contributed by atoms with Gasteiger partial charge in [-0.05, 0) is 14.1 Å². The molecule has 0 aromatic heterocycles. The van der Waals surface area contributed by atoms with Crippen molar-refractivity contribution in [2.75, 3.05) is 27.2 Å². The second-order valence-electron chi connectivity index (χ2n) is 4.71. The third kappa shape index (κ3) is 5.37. The minimum Gasteiger partial charge on any atom is -0.481 e. The fourth-order valence-corrected chi connectivity index (χ4v) is 1.83. The summed E-state index contributed by atoms with van der Waals surface area (Å²) >= 11 is 0. The number of nitrogens with one attached hydrogen (secondary N) is 1. The lowest BCUT2D eigenvalue weighted by Crippen LogP contribution is -2.50. The molecule has 19 heavy (non-hydrogen) atoms. The molecule has 0 aliphatic carbocycles. The molecule has 0 bridgehead atoms. The van der Waals surface area contributed by atoms with Gasteiger partial charge in [-0.1, -0.05) is 12.2 Å². The molecule has 1 aliphatic heterocycles. The van der Waals surface area contributed by atoms with E-state index in [-0.39, 0.29) is 25.5 Å². The number of nitrogens with zero attached hydrogens (tertiary/aromatic N) is 1. The van der Waals surface area contributed by atoms with Crippen molar-refractivity contribution in [2.24, 2.45) is 0 Å². The minimum absolute atomic E-state index is 0.161. The third-order valence-electron chi connectivity index (χ3n) is 2.63. The van der Waals surface area contributed by atoms with E-state index in [9.17, 15) is 14.7 Å². The van der Waals surface area contributed by atoms with Gasteiger partial charge in [0.1, 0.15) is 6.10 Å². The number of carbonyl (C=O) groups is 2. The lowest BCUT2D eigenvalue weighted by molar-refractivity contribution is -0.142. The van der Waals surface area contributed by atoms with Crippen LogP contribution in [-0.2, 0) is 14.3 Å². The second kappa shape index (κ2) is 7.22. The Kier molecular flexibility index (Phi) is 5.94. The Morgan fingerprint density at radius 1 is 1.37 bits per heavy atom. The Morgan fingerprint density at radius 2 is 2.05 bits per heavy atom. The highest BCUT2D eigenvalue weighted by Gasteiger charge is 2.28. The Labute approximate surface area is 111 Å². The van der Waals surface area contributed by atoms with E-state index >= 15 is 0 Å². The maximum atomic E-state index is 11.6. The van der Waals surface area contributed by atoms with Crippen molar-refractivity contribution in [2.45, 2.75) is 24.7 Å². The number of ether oxygens (including phenoxy) is 1. The molecule has 1 heterocycles. The van der Waals surface area contributed by atoms with Crippen LogP contribution in [0.1, 0.15) is 6.42 Å². The molecule has 3 N–H and O–H groups in total. The minimum atomic E-state index is -0.971. The summed E-state index contributed by atoms with van der Waals surface area (Å²) in [5, 5.41) is 20.6. The molecular weight excluding hydrogens is 252 g/mol. The van der Waals surface area contributed by atoms with Gasteiger partial charge in [-0.25, -0.2) is 0 Å². The molecule has 7 heteroatoms. The number of aliphatic hydroxyl groups excluding tert-OH is 1. The maximum absolute atomic E-state index is 11.6. The number of hydrogen-bond acceptors (Lipinski definition) is 5. The molecule has 0 saturated carbocycles. The molecule has 0 unspecified atom stereocenters. The lowest BCUT2D eigenvalue weighted by atomic mass is 10.0. The first-order valence-corrected chi connectivity index (χ1v) is 6.03. The number of hydrogen-bond donors (Lipinski definition) is 3. The van der Waals surface area contributed by atoms with Crippen molar-refractivity contribution in [3.63, 3.8) is 0 Å². The van der Waals surface area contributed by atoms with Crippen LogP contribution in [0.4, 0.5) is 0 Å². The van der Waals surface area contributed by atoms with Crippen LogP contribution in [-0.4, -0.2) is 72.5 Å². The van der Waals surface area contributed by atoms with Gasteiger partial charge in [0.15, 0.2) is 0 Å². The van der Waals surface area contributed by atoms with Gasteiger partial charge in [0.2, 0.25) is 5.91 Å². The SMILES string of the molecule is CN(C)CC(=O)N[C@H]1C=C[C@@H](CC(=O)O)O[C@@H]1CO. The Bertz CT molecular complexity index is 356. The number of carbonyl (C=O) groups excluding carboxylic acids is 1. The Morgan fingerprint density at radius 3 is 2.58 bits per heavy atom. The second-order valence-corrected chi connectivity index (χ2v) is 4.71. The predicted molar refractivity (Wildman–Crippen MR) is 67.6 cm³/mol. The zero-order chi connectivity index (χ0) is 14.4. The van der Waals surface area contributed by atoms with E-state index in [2.05, 4.69) is 5.32 Å². The summed E-state index contributed by atoms with van der Waals surface area (Å²) in [5.41, 5.74) is 0. The van der Waals surface area contributed by atoms with Gasteiger partial charge in [-0.2, -0.15) is 0 Å². The van der Waals surface area contributed by atoms with E-state index in [1.807, 2.05) is 0 Å². The first-order chi connectivity index (χ1) is 8.92. The summed E-state index contributed by atoms with van der Waals surface area (Å²) in [7, 11) is 3.55. The molecule has 0 saturated heterocycles. The molecule has 0 spiro atoms. The molecule has 0 aromatic rings. The number of likely N-dealkylation sites (N-methyl/N-ethyl adjacent to an activating group) is 1. The Balaban J connectivity index is 2.58. The number of rotatable bonds is 6. The van der Waals surface area contributed by atoms with E-state index in [0.29, 0.717) is 0 Å². The maximum Gasteiger partial charge on any atom is 0.306 e. The van der Waals surface area contributed by atoms with E-state index in [1.54, 1.807) is 31.1 Å². The van der Waals surface area contributed by atoms with E-state index < -0.39 is 24.2 Å². The molecule has 1 rings (SSSR count). The van der Waals surface area contributed by atoms with E-state index in [4.69, 9.17) is 9.84 Å². The molecule has 7 nitrogen and oxygen atoms in total. The number of amides is 1. The fourth-order valence-electron chi connectivity index (χ4n) is 1.83. The summed E-state index contributed by atoms with van der Waals surface area (Å²) < 4.78 is 5.42. The van der Waals surface area contributed by atoms with Gasteiger partial charge in [-0.3, -0.25) is 9.59 Å². The van der Waals surface area contributed by atoms with Crippen LogP contribution < -0.4 is 5.32 Å². The highest BCUT2D eigenvalue weighted by molar-refractivity contribution is 5.78. The Hall–Kier alpha value is -1.44. The highest BCUT2D eigenvalue weighted by Crippen LogP contribution is 2.15. The fraction of sp³-hybridized carbons (Fsp3) is 0.667. The molecule has 0 fully saturated rings. The lowest BCUT2D eigenvalue weighted by Gasteiger charge is -2.31. The van der Waals surface area contributed by atoms with Crippen molar-refractivity contribution in [1.82, 2.24) is 10.2 Å². The summed E-state index contributed by atoms with van der Waals surface area (Å²) in [6, 6.07) is -0.442. The van der Waals surface area contributed by atoms with Crippen molar-refractivity contribution in [3.05, 3.63) is 12.2 Å². The van der Waals surface area contributed by atoms with Gasteiger partial charge in [-0.15, -0.1) is 0 Å². The average molecular weight is 272 g/mol. The first-order valence-electron chi connectivity index (χ1n) is 6.03. The summed E-state index contributed by atoms with van der Waals surface area (Å²) in [4.78, 5) is 23.9. The standard InChI is InChI=1S/C12H20N2O5/c1-14(2)6-11(16)13-9-4-3-8(5-12(17)18)19-10(9)7-15/h3-4,8-10,15H,5-7H2,1-2H3,(H,13,16)(H,17,18)/t8-,9-,10+/m0/s1. The van der Waals surface area contributed by atoms with Gasteiger partial charge in [0.25, 0.3) is 0 Å². The van der Waals surface area contributed by atoms with Crippen molar-refractivity contribution in [1.29, 1.82) is 0 Å². The van der Waals surface area contributed by atoms with E-state index in [1.165, 1.54) is 0 Å². The predicted octanol–water partition coefficient (Wildman–Crippen LogP) is -1.18. The summed E-state index contributed by atoms with van der Waals surface area (Å²) in [6.45, 7) is -0.0472. The van der Waals surface area contributed by atoms with Crippen LogP contribution in [0.5, 0.6) is 0 Å². The number of aliphatic carboxylic acids is 1. The largest absolute Gasteiger partial charge is 0.481 e. The molecule has 108 valence electrons. The number of carboxylic acid groups (broad SMARTS) is 1. The average Bonchev–Trinajstić information content (AvgIpc) is 2.29. The van der Waals surface area contributed by atoms with Crippen LogP contribution in [0.2, 0.25) is 0 Å². The third-order valence-corrected chi connectivity index (χ3v) is 2.63. The summed E-state index contributed by atoms with van der Waals surface area (Å²) in [6.07, 6.45) is 1.91. The van der Waals surface area contributed by atoms with Gasteiger partial charge >= 0.3 is 5.97 Å². The number of carboxylic acids is 1. The first kappa shape index (κ1) is 15.6. The van der Waals surface area contributed by atoms with Crippen molar-refractivity contribution in [3.8, 4) is 0 Å². The number of aliphatic hydroxyl groups is 1. The highest BCUT2D eigenvalue weighted by atomic mass is 16.5. The van der Waals surface area contributed by atoms with Crippen LogP contribution in [0, 0.1) is 0 Å². The molecule has 0 aromatic carbocycles. The monoisotopic (exact) mass is 272 g/mol. The molecular formula is C12H20N2O5. The molecule has 3 atom stereocenters. The van der Waals surface area contributed by atoms with Crippen LogP contribution in [0.3, 0.4) is 0 Å². The zero-order valence-corrected chi connectivity index (χ0v) is 11.1. The molecule has 1 amide bonds. The van der Waals surface area contributed by atoms with Crippen LogP contribution in [0.25, 0.3) is 0 Å². The van der Waals surface area contributed by atoms with Crippen LogP contribution >= 0.6 is 0 Å². The van der Waals surface area contributed by atoms with Gasteiger partial charge in [0.05, 0.1) is 31.7 Å². The van der Waals surface area contributed by atoms with Gasteiger partial charge < -0.3 is 25.2 Å². The van der Waals surface area contributed by atoms with E-state index in [0.717, 1.165) is 0 Å². The molecule has 1 aliphatic rings. The van der Waals surface area contributed by atoms with Crippen molar-refractivity contribution >= 4 is 11.9 Å².